The predicted octanol–water partition coefficient (Wildman–Crippen LogP) is 19.6. The number of unbranched alkanes of at least 4 members (excludes halogenated alkanes) is 39. The Morgan fingerprint density at radius 1 is 0.328 bits per heavy atom. The maximum absolute atomic E-state index is 12.8. The Bertz CT molecular complexity index is 974. The van der Waals surface area contributed by atoms with E-state index in [-0.39, 0.29) is 18.5 Å². The molecule has 378 valence electrons. The number of esters is 2. The van der Waals surface area contributed by atoms with E-state index >= 15 is 0 Å². The Kier molecular flexibility index (Phi) is 54.3. The highest BCUT2D eigenvalue weighted by Crippen LogP contribution is 2.16. The van der Waals surface area contributed by atoms with Crippen molar-refractivity contribution in [3.63, 3.8) is 0 Å². The van der Waals surface area contributed by atoms with E-state index in [1.165, 1.54) is 238 Å². The molecule has 0 aliphatic carbocycles. The lowest BCUT2D eigenvalue weighted by Crippen LogP contribution is -2.30. The van der Waals surface area contributed by atoms with Gasteiger partial charge in [-0.05, 0) is 64.2 Å². The van der Waals surface area contributed by atoms with Gasteiger partial charge >= 0.3 is 11.9 Å². The molecule has 0 saturated carbocycles. The number of rotatable bonds is 54. The number of carbonyl (C=O) groups excluding carboxylic acids is 2. The van der Waals surface area contributed by atoms with Crippen LogP contribution in [0, 0.1) is 0 Å². The first-order valence-corrected chi connectivity index (χ1v) is 28.9. The lowest BCUT2D eigenvalue weighted by molar-refractivity contribution is -0.163. The van der Waals surface area contributed by atoms with E-state index in [1.54, 1.807) is 0 Å². The third-order valence-corrected chi connectivity index (χ3v) is 13.0. The van der Waals surface area contributed by atoms with Gasteiger partial charge in [0.2, 0.25) is 0 Å². The summed E-state index contributed by atoms with van der Waals surface area (Å²) in [5.74, 6) is -0.389. The second-order valence-corrected chi connectivity index (χ2v) is 19.5. The molecule has 0 N–H and O–H groups in total. The summed E-state index contributed by atoms with van der Waals surface area (Å²) in [5.41, 5.74) is 0. The van der Waals surface area contributed by atoms with Crippen LogP contribution in [0.25, 0.3) is 0 Å². The van der Waals surface area contributed by atoms with Gasteiger partial charge in [0.05, 0.1) is 6.61 Å². The van der Waals surface area contributed by atoms with E-state index in [9.17, 15) is 9.59 Å². The second-order valence-electron chi connectivity index (χ2n) is 19.5. The van der Waals surface area contributed by atoms with Gasteiger partial charge in [0.15, 0.2) is 6.10 Å². The minimum Gasteiger partial charge on any atom is -0.462 e. The van der Waals surface area contributed by atoms with Gasteiger partial charge in [0.25, 0.3) is 0 Å². The predicted molar refractivity (Wildman–Crippen MR) is 279 cm³/mol. The van der Waals surface area contributed by atoms with Crippen LogP contribution in [0.15, 0.2) is 24.3 Å². The van der Waals surface area contributed by atoms with Gasteiger partial charge in [-0.2, -0.15) is 0 Å². The molecule has 0 unspecified atom stereocenters. The van der Waals surface area contributed by atoms with Crippen molar-refractivity contribution in [3.05, 3.63) is 24.3 Å². The molecular weight excluding hydrogens is 789 g/mol. The van der Waals surface area contributed by atoms with Gasteiger partial charge in [0, 0.05) is 19.4 Å². The molecular formula is C59H112O5. The van der Waals surface area contributed by atoms with E-state index in [0.717, 1.165) is 44.9 Å². The lowest BCUT2D eigenvalue weighted by atomic mass is 10.0. The molecule has 0 bridgehead atoms. The monoisotopic (exact) mass is 901 g/mol. The van der Waals surface area contributed by atoms with Crippen LogP contribution >= 0.6 is 0 Å². The van der Waals surface area contributed by atoms with E-state index in [0.29, 0.717) is 26.1 Å². The fraction of sp³-hybridized carbons (Fsp3) is 0.898. The minimum atomic E-state index is -0.533. The Labute approximate surface area is 400 Å². The molecule has 0 rings (SSSR count). The molecule has 0 aromatic carbocycles. The van der Waals surface area contributed by atoms with Crippen molar-refractivity contribution in [2.45, 2.75) is 322 Å². The third-order valence-electron chi connectivity index (χ3n) is 13.0. The summed E-state index contributed by atoms with van der Waals surface area (Å²) in [6, 6.07) is 0. The van der Waals surface area contributed by atoms with E-state index in [2.05, 4.69) is 45.1 Å². The molecule has 0 aliphatic heterocycles. The molecule has 0 radical (unpaired) electrons. The minimum absolute atomic E-state index is 0.0876. The molecule has 0 heterocycles. The summed E-state index contributed by atoms with van der Waals surface area (Å²) in [6.45, 7) is 7.85. The lowest BCUT2D eigenvalue weighted by Gasteiger charge is -2.18. The molecule has 0 amide bonds. The molecule has 0 aliphatic rings. The molecule has 0 fully saturated rings. The average molecular weight is 902 g/mol. The number of hydrogen-bond donors (Lipinski definition) is 0. The molecule has 1 atom stereocenters. The summed E-state index contributed by atoms with van der Waals surface area (Å²) in [5, 5.41) is 0. The number of allylic oxidation sites excluding steroid dienone is 4. The van der Waals surface area contributed by atoms with E-state index < -0.39 is 6.10 Å². The van der Waals surface area contributed by atoms with Crippen LogP contribution in [-0.4, -0.2) is 37.9 Å². The van der Waals surface area contributed by atoms with Gasteiger partial charge in [-0.15, -0.1) is 0 Å². The van der Waals surface area contributed by atoms with Gasteiger partial charge in [-0.25, -0.2) is 0 Å². The van der Waals surface area contributed by atoms with E-state index in [4.69, 9.17) is 14.2 Å². The Morgan fingerprint density at radius 3 is 1.00 bits per heavy atom. The van der Waals surface area contributed by atoms with Crippen LogP contribution in [0.1, 0.15) is 316 Å². The molecule has 5 heteroatoms. The first-order valence-electron chi connectivity index (χ1n) is 28.9. The van der Waals surface area contributed by atoms with Crippen molar-refractivity contribution in [3.8, 4) is 0 Å². The molecule has 0 aromatic rings. The highest BCUT2D eigenvalue weighted by atomic mass is 16.6. The smallest absolute Gasteiger partial charge is 0.306 e. The zero-order valence-electron chi connectivity index (χ0n) is 43.6. The van der Waals surface area contributed by atoms with Crippen LogP contribution in [0.5, 0.6) is 0 Å². The molecule has 64 heavy (non-hydrogen) atoms. The van der Waals surface area contributed by atoms with Gasteiger partial charge in [0.1, 0.15) is 6.61 Å². The van der Waals surface area contributed by atoms with Crippen molar-refractivity contribution in [2.75, 3.05) is 19.8 Å². The molecule has 5 nitrogen and oxygen atoms in total. The maximum atomic E-state index is 12.8. The Morgan fingerprint density at radius 2 is 0.625 bits per heavy atom. The largest absolute Gasteiger partial charge is 0.462 e. The summed E-state index contributed by atoms with van der Waals surface area (Å²) in [4.78, 5) is 25.4. The number of carbonyl (C=O) groups is 2. The molecule has 0 saturated heterocycles. The van der Waals surface area contributed by atoms with Crippen LogP contribution in [-0.2, 0) is 23.8 Å². The molecule has 0 aromatic heterocycles. The molecule has 0 spiro atoms. The first-order chi connectivity index (χ1) is 31.6. The van der Waals surface area contributed by atoms with Gasteiger partial charge in [-0.3, -0.25) is 9.59 Å². The van der Waals surface area contributed by atoms with Gasteiger partial charge < -0.3 is 14.2 Å². The maximum Gasteiger partial charge on any atom is 0.306 e. The topological polar surface area (TPSA) is 61.8 Å². The fourth-order valence-corrected chi connectivity index (χ4v) is 8.61. The summed E-state index contributed by atoms with van der Waals surface area (Å²) in [6.07, 6.45) is 66.3. The Balaban J connectivity index is 4.16. The summed E-state index contributed by atoms with van der Waals surface area (Å²) >= 11 is 0. The zero-order valence-corrected chi connectivity index (χ0v) is 43.6. The summed E-state index contributed by atoms with van der Waals surface area (Å²) < 4.78 is 17.5. The van der Waals surface area contributed by atoms with Crippen molar-refractivity contribution in [1.82, 2.24) is 0 Å². The Hall–Kier alpha value is -1.62. The normalized spacial score (nSPS) is 12.2. The van der Waals surface area contributed by atoms with Crippen molar-refractivity contribution in [2.24, 2.45) is 0 Å². The van der Waals surface area contributed by atoms with Crippen LogP contribution < -0.4 is 0 Å². The fourth-order valence-electron chi connectivity index (χ4n) is 8.61. The number of hydrogen-bond acceptors (Lipinski definition) is 5. The van der Waals surface area contributed by atoms with Crippen molar-refractivity contribution >= 4 is 11.9 Å². The highest BCUT2D eigenvalue weighted by molar-refractivity contribution is 5.70. The zero-order chi connectivity index (χ0) is 46.3. The van der Waals surface area contributed by atoms with E-state index in [1.807, 2.05) is 0 Å². The first kappa shape index (κ1) is 62.4. The second kappa shape index (κ2) is 55.7. The van der Waals surface area contributed by atoms with Crippen LogP contribution in [0.2, 0.25) is 0 Å². The van der Waals surface area contributed by atoms with Crippen molar-refractivity contribution < 1.29 is 23.8 Å². The quantitative estimate of drug-likeness (QED) is 0.0346. The van der Waals surface area contributed by atoms with Crippen LogP contribution in [0.3, 0.4) is 0 Å². The standard InChI is InChI=1S/C59H112O5/c1-4-7-10-13-16-19-22-24-26-28-29-30-31-32-33-35-38-41-44-47-50-53-59(61)64-57(56-63-58(60)52-49-46-43-40-37-21-18-15-12-9-6-3)55-62-54-51-48-45-42-39-36-34-27-25-23-20-17-14-11-8-5-2/h15,18,24,26,57H,4-14,16-17,19-23,25,27-56H2,1-3H3/b18-15-,26-24-/t57-/m1/s1. The van der Waals surface area contributed by atoms with Gasteiger partial charge in [-0.1, -0.05) is 263 Å². The third kappa shape index (κ3) is 53.0. The van der Waals surface area contributed by atoms with Crippen LogP contribution in [0.4, 0.5) is 0 Å². The SMILES string of the molecule is CCCC/C=C\CCCCCCCC(=O)OC[C@@H](COCCCCCCCCCCCCCCCCCC)OC(=O)CCCCCCCCCCCCC/C=C\CCCCCCCC. The number of ether oxygens (including phenoxy) is 3. The van der Waals surface area contributed by atoms with Crippen molar-refractivity contribution in [1.29, 1.82) is 0 Å². The average Bonchev–Trinajstić information content (AvgIpc) is 3.30. The summed E-state index contributed by atoms with van der Waals surface area (Å²) in [7, 11) is 0. The highest BCUT2D eigenvalue weighted by Gasteiger charge is 2.17.